The van der Waals surface area contributed by atoms with Gasteiger partial charge in [0.05, 0.1) is 10.4 Å². The van der Waals surface area contributed by atoms with Crippen molar-refractivity contribution in [1.29, 1.82) is 0 Å². The summed E-state index contributed by atoms with van der Waals surface area (Å²) in [6.07, 6.45) is 0. The monoisotopic (exact) mass is 394 g/mol. The molecule has 0 unspecified atom stereocenters. The van der Waals surface area contributed by atoms with Crippen LogP contribution in [0.4, 0.5) is 17.2 Å². The predicted octanol–water partition coefficient (Wildman–Crippen LogP) is 6.14. The van der Waals surface area contributed by atoms with Crippen LogP contribution in [0, 0.1) is 17.0 Å². The van der Waals surface area contributed by atoms with Crippen molar-refractivity contribution in [2.24, 2.45) is 0 Å². The van der Waals surface area contributed by atoms with Gasteiger partial charge in [0.15, 0.2) is 0 Å². The Morgan fingerprint density at radius 3 is 2.33 bits per heavy atom. The number of aromatic nitrogens is 2. The average molecular weight is 394 g/mol. The van der Waals surface area contributed by atoms with Gasteiger partial charge in [-0.1, -0.05) is 54.1 Å². The lowest BCUT2D eigenvalue weighted by Crippen LogP contribution is -2.02. The van der Waals surface area contributed by atoms with Crippen molar-refractivity contribution in [2.75, 3.05) is 5.32 Å². The second-order valence-corrected chi connectivity index (χ2v) is 7.16. The molecule has 2 aromatic heterocycles. The lowest BCUT2D eigenvalue weighted by atomic mass is 10.2. The Morgan fingerprint density at radius 1 is 0.900 bits per heavy atom. The minimum atomic E-state index is -0.391. The summed E-state index contributed by atoms with van der Waals surface area (Å²) >= 11 is 0. The van der Waals surface area contributed by atoms with E-state index in [1.807, 2.05) is 90.4 Å². The van der Waals surface area contributed by atoms with Gasteiger partial charge in [-0.05, 0) is 37.3 Å². The van der Waals surface area contributed by atoms with E-state index in [-0.39, 0.29) is 11.5 Å². The van der Waals surface area contributed by atoms with Crippen LogP contribution in [0.2, 0.25) is 0 Å². The van der Waals surface area contributed by atoms with Crippen LogP contribution in [-0.2, 0) is 0 Å². The SMILES string of the molecule is Cc1ccc(Nc2nc3c(cc2[N+](=O)[O-])c2ccccc2n3-c2ccccc2)cc1. The molecule has 0 aliphatic rings. The van der Waals surface area contributed by atoms with Crippen LogP contribution < -0.4 is 5.32 Å². The number of anilines is 2. The van der Waals surface area contributed by atoms with E-state index < -0.39 is 4.92 Å². The molecule has 0 aliphatic carbocycles. The van der Waals surface area contributed by atoms with E-state index in [0.717, 1.165) is 33.2 Å². The fraction of sp³-hybridized carbons (Fsp3) is 0.0417. The number of pyridine rings is 1. The van der Waals surface area contributed by atoms with E-state index in [9.17, 15) is 10.1 Å². The second-order valence-electron chi connectivity index (χ2n) is 7.16. The molecular formula is C24H18N4O2. The van der Waals surface area contributed by atoms with E-state index in [2.05, 4.69) is 5.32 Å². The first-order valence-electron chi connectivity index (χ1n) is 9.59. The van der Waals surface area contributed by atoms with Crippen LogP contribution in [-0.4, -0.2) is 14.5 Å². The summed E-state index contributed by atoms with van der Waals surface area (Å²) < 4.78 is 2.04. The molecule has 0 fully saturated rings. The number of aryl methyl sites for hydroxylation is 1. The number of para-hydroxylation sites is 2. The average Bonchev–Trinajstić information content (AvgIpc) is 3.08. The quantitative estimate of drug-likeness (QED) is 0.294. The zero-order valence-electron chi connectivity index (χ0n) is 16.2. The summed E-state index contributed by atoms with van der Waals surface area (Å²) in [6.45, 7) is 1.99. The van der Waals surface area contributed by atoms with E-state index in [1.165, 1.54) is 0 Å². The Kier molecular flexibility index (Phi) is 4.17. The third-order valence-corrected chi connectivity index (χ3v) is 5.15. The van der Waals surface area contributed by atoms with E-state index in [0.29, 0.717) is 5.65 Å². The van der Waals surface area contributed by atoms with Crippen LogP contribution in [0.15, 0.2) is 84.9 Å². The Morgan fingerprint density at radius 2 is 1.60 bits per heavy atom. The largest absolute Gasteiger partial charge is 0.334 e. The predicted molar refractivity (Wildman–Crippen MR) is 120 cm³/mol. The molecule has 0 spiro atoms. The van der Waals surface area contributed by atoms with Gasteiger partial charge in [0.25, 0.3) is 0 Å². The topological polar surface area (TPSA) is 73.0 Å². The van der Waals surface area contributed by atoms with Gasteiger partial charge in [-0.2, -0.15) is 0 Å². The first-order chi connectivity index (χ1) is 14.6. The summed E-state index contributed by atoms with van der Waals surface area (Å²) in [7, 11) is 0. The number of hydrogen-bond acceptors (Lipinski definition) is 4. The van der Waals surface area contributed by atoms with Gasteiger partial charge in [0, 0.05) is 28.2 Å². The maximum atomic E-state index is 11.8. The number of fused-ring (bicyclic) bond motifs is 3. The molecular weight excluding hydrogens is 376 g/mol. The molecule has 2 heterocycles. The van der Waals surface area contributed by atoms with Gasteiger partial charge in [-0.25, -0.2) is 4.98 Å². The molecule has 146 valence electrons. The highest BCUT2D eigenvalue weighted by molar-refractivity contribution is 6.09. The molecule has 5 aromatic rings. The van der Waals surface area contributed by atoms with Crippen LogP contribution in [0.25, 0.3) is 27.6 Å². The molecule has 0 saturated heterocycles. The first kappa shape index (κ1) is 17.9. The van der Waals surface area contributed by atoms with Crippen molar-refractivity contribution in [3.63, 3.8) is 0 Å². The highest BCUT2D eigenvalue weighted by atomic mass is 16.6. The molecule has 6 heteroatoms. The molecule has 3 aromatic carbocycles. The summed E-state index contributed by atoms with van der Waals surface area (Å²) in [5.41, 5.74) is 4.38. The van der Waals surface area contributed by atoms with E-state index in [4.69, 9.17) is 4.98 Å². The van der Waals surface area contributed by atoms with Gasteiger partial charge in [-0.3, -0.25) is 14.7 Å². The van der Waals surface area contributed by atoms with Crippen LogP contribution in [0.1, 0.15) is 5.56 Å². The highest BCUT2D eigenvalue weighted by Gasteiger charge is 2.22. The molecule has 1 N–H and O–H groups in total. The minimum Gasteiger partial charge on any atom is -0.334 e. The van der Waals surface area contributed by atoms with Gasteiger partial charge >= 0.3 is 5.69 Å². The fourth-order valence-electron chi connectivity index (χ4n) is 3.72. The van der Waals surface area contributed by atoms with Crippen LogP contribution in [0.5, 0.6) is 0 Å². The first-order valence-corrected chi connectivity index (χ1v) is 9.59. The van der Waals surface area contributed by atoms with E-state index in [1.54, 1.807) is 6.07 Å². The molecule has 6 nitrogen and oxygen atoms in total. The fourth-order valence-corrected chi connectivity index (χ4v) is 3.72. The Labute approximate surface area is 172 Å². The lowest BCUT2D eigenvalue weighted by Gasteiger charge is -2.10. The maximum Gasteiger partial charge on any atom is 0.312 e. The van der Waals surface area contributed by atoms with Crippen LogP contribution >= 0.6 is 0 Å². The number of nitro groups is 1. The molecule has 5 rings (SSSR count). The minimum absolute atomic E-state index is 0.0564. The zero-order valence-corrected chi connectivity index (χ0v) is 16.2. The molecule has 0 atom stereocenters. The molecule has 0 bridgehead atoms. The number of benzene rings is 3. The number of rotatable bonds is 4. The second kappa shape index (κ2) is 7.00. The zero-order chi connectivity index (χ0) is 20.7. The van der Waals surface area contributed by atoms with Crippen molar-refractivity contribution in [3.05, 3.63) is 101 Å². The van der Waals surface area contributed by atoms with Crippen molar-refractivity contribution in [3.8, 4) is 5.69 Å². The third kappa shape index (κ3) is 2.95. The molecule has 0 aliphatic heterocycles. The summed E-state index contributed by atoms with van der Waals surface area (Å²) in [5.74, 6) is 0.219. The standard InChI is InChI=1S/C24H18N4O2/c1-16-11-13-17(14-12-16)25-23-22(28(29)30)15-20-19-9-5-6-10-21(19)27(24(20)26-23)18-7-3-2-4-8-18/h2-15H,1H3,(H,25,26). The van der Waals surface area contributed by atoms with Crippen molar-refractivity contribution >= 4 is 39.1 Å². The summed E-state index contributed by atoms with van der Waals surface area (Å²) in [6, 6.07) is 27.0. The molecule has 0 saturated carbocycles. The summed E-state index contributed by atoms with van der Waals surface area (Å²) in [5, 5.41) is 16.6. The molecule has 0 radical (unpaired) electrons. The number of nitrogens with zero attached hydrogens (tertiary/aromatic N) is 3. The number of nitrogens with one attached hydrogen (secondary N) is 1. The van der Waals surface area contributed by atoms with Gasteiger partial charge < -0.3 is 5.32 Å². The Bertz CT molecular complexity index is 1390. The molecule has 30 heavy (non-hydrogen) atoms. The highest BCUT2D eigenvalue weighted by Crippen LogP contribution is 2.36. The maximum absolute atomic E-state index is 11.8. The summed E-state index contributed by atoms with van der Waals surface area (Å²) in [4.78, 5) is 16.2. The van der Waals surface area contributed by atoms with Gasteiger partial charge in [-0.15, -0.1) is 0 Å². The van der Waals surface area contributed by atoms with Gasteiger partial charge in [0.2, 0.25) is 5.82 Å². The smallest absolute Gasteiger partial charge is 0.312 e. The van der Waals surface area contributed by atoms with E-state index >= 15 is 0 Å². The Balaban J connectivity index is 1.81. The van der Waals surface area contributed by atoms with Crippen molar-refractivity contribution in [2.45, 2.75) is 6.92 Å². The third-order valence-electron chi connectivity index (χ3n) is 5.15. The molecule has 0 amide bonds. The van der Waals surface area contributed by atoms with Crippen LogP contribution in [0.3, 0.4) is 0 Å². The lowest BCUT2D eigenvalue weighted by molar-refractivity contribution is -0.384. The number of hydrogen-bond donors (Lipinski definition) is 1. The Hall–Kier alpha value is -4.19. The van der Waals surface area contributed by atoms with Crippen molar-refractivity contribution < 1.29 is 4.92 Å². The van der Waals surface area contributed by atoms with Gasteiger partial charge in [0.1, 0.15) is 5.65 Å². The normalized spacial score (nSPS) is 11.1. The van der Waals surface area contributed by atoms with Crippen molar-refractivity contribution in [1.82, 2.24) is 9.55 Å².